The molecule has 0 saturated carbocycles. The lowest BCUT2D eigenvalue weighted by Gasteiger charge is -2.10. The van der Waals surface area contributed by atoms with Gasteiger partial charge in [0, 0.05) is 24.9 Å². The molecule has 0 spiro atoms. The SMILES string of the molecule is Cn1cc(-c2ccc(=O)n(-c3ccc(OC(F)(F)F)cc3)n2)cn1. The van der Waals surface area contributed by atoms with E-state index in [4.69, 9.17) is 0 Å². The Hall–Kier alpha value is -3.10. The second-order valence-electron chi connectivity index (χ2n) is 4.91. The van der Waals surface area contributed by atoms with Crippen molar-refractivity contribution >= 4 is 0 Å². The molecule has 3 aromatic rings. The second kappa shape index (κ2) is 5.84. The van der Waals surface area contributed by atoms with Crippen LogP contribution in [0.4, 0.5) is 13.2 Å². The normalized spacial score (nSPS) is 11.5. The molecule has 0 amide bonds. The Kier molecular flexibility index (Phi) is 3.84. The molecule has 0 aliphatic carbocycles. The molecule has 0 aliphatic rings. The number of halogens is 3. The van der Waals surface area contributed by atoms with Crippen LogP contribution < -0.4 is 10.3 Å². The van der Waals surface area contributed by atoms with Crippen LogP contribution in [-0.2, 0) is 7.05 Å². The molecular weight excluding hydrogens is 325 g/mol. The van der Waals surface area contributed by atoms with Crippen LogP contribution in [0.15, 0.2) is 53.6 Å². The van der Waals surface area contributed by atoms with Gasteiger partial charge in [-0.3, -0.25) is 9.48 Å². The summed E-state index contributed by atoms with van der Waals surface area (Å²) < 4.78 is 43.0. The first-order valence-corrected chi connectivity index (χ1v) is 6.77. The third-order valence-corrected chi connectivity index (χ3v) is 3.12. The third-order valence-electron chi connectivity index (χ3n) is 3.12. The minimum Gasteiger partial charge on any atom is -0.406 e. The molecule has 0 fully saturated rings. The summed E-state index contributed by atoms with van der Waals surface area (Å²) in [5, 5.41) is 8.25. The summed E-state index contributed by atoms with van der Waals surface area (Å²) in [4.78, 5) is 12.0. The van der Waals surface area contributed by atoms with Gasteiger partial charge in [0.2, 0.25) is 0 Å². The van der Waals surface area contributed by atoms with E-state index in [2.05, 4.69) is 14.9 Å². The molecule has 3 rings (SSSR count). The van der Waals surface area contributed by atoms with Crippen LogP contribution in [0.1, 0.15) is 0 Å². The largest absolute Gasteiger partial charge is 0.573 e. The van der Waals surface area contributed by atoms with Gasteiger partial charge in [0.15, 0.2) is 0 Å². The number of hydrogen-bond acceptors (Lipinski definition) is 4. The fourth-order valence-corrected chi connectivity index (χ4v) is 2.09. The maximum Gasteiger partial charge on any atom is 0.573 e. The van der Waals surface area contributed by atoms with Gasteiger partial charge in [0.25, 0.3) is 5.56 Å². The number of aryl methyl sites for hydroxylation is 1. The predicted octanol–water partition coefficient (Wildman–Crippen LogP) is 2.53. The highest BCUT2D eigenvalue weighted by Gasteiger charge is 2.31. The molecule has 0 N–H and O–H groups in total. The zero-order valence-electron chi connectivity index (χ0n) is 12.4. The monoisotopic (exact) mass is 336 g/mol. The fourth-order valence-electron chi connectivity index (χ4n) is 2.09. The van der Waals surface area contributed by atoms with Gasteiger partial charge in [-0.15, -0.1) is 13.2 Å². The second-order valence-corrected chi connectivity index (χ2v) is 4.91. The van der Waals surface area contributed by atoms with Crippen LogP contribution in [0.3, 0.4) is 0 Å². The molecule has 9 heteroatoms. The Balaban J connectivity index is 1.95. The highest BCUT2D eigenvalue weighted by molar-refractivity contribution is 5.56. The number of ether oxygens (including phenoxy) is 1. The molecule has 0 radical (unpaired) electrons. The molecule has 2 aromatic heterocycles. The first-order valence-electron chi connectivity index (χ1n) is 6.77. The molecule has 0 aliphatic heterocycles. The highest BCUT2D eigenvalue weighted by atomic mass is 19.4. The lowest BCUT2D eigenvalue weighted by atomic mass is 10.2. The maximum absolute atomic E-state index is 12.2. The lowest BCUT2D eigenvalue weighted by Crippen LogP contribution is -2.20. The number of nitrogens with zero attached hydrogens (tertiary/aromatic N) is 4. The summed E-state index contributed by atoms with van der Waals surface area (Å²) in [6, 6.07) is 7.76. The van der Waals surface area contributed by atoms with Gasteiger partial charge >= 0.3 is 6.36 Å². The summed E-state index contributed by atoms with van der Waals surface area (Å²) in [6.07, 6.45) is -1.44. The number of alkyl halides is 3. The Morgan fingerprint density at radius 1 is 1.08 bits per heavy atom. The van der Waals surface area contributed by atoms with Gasteiger partial charge in [0.05, 0.1) is 17.6 Å². The molecule has 0 bridgehead atoms. The van der Waals surface area contributed by atoms with Crippen molar-refractivity contribution in [1.82, 2.24) is 19.6 Å². The molecule has 1 aromatic carbocycles. The van der Waals surface area contributed by atoms with E-state index in [-0.39, 0.29) is 5.75 Å². The minimum atomic E-state index is -4.77. The predicted molar refractivity (Wildman–Crippen MR) is 78.7 cm³/mol. The van der Waals surface area contributed by atoms with Crippen molar-refractivity contribution in [2.24, 2.45) is 7.05 Å². The van der Waals surface area contributed by atoms with Gasteiger partial charge in [-0.1, -0.05) is 0 Å². The summed E-state index contributed by atoms with van der Waals surface area (Å²) in [5.41, 5.74) is 1.13. The molecule has 6 nitrogen and oxygen atoms in total. The van der Waals surface area contributed by atoms with E-state index in [0.29, 0.717) is 16.9 Å². The summed E-state index contributed by atoms with van der Waals surface area (Å²) >= 11 is 0. The van der Waals surface area contributed by atoms with Crippen molar-refractivity contribution in [3.63, 3.8) is 0 Å². The van der Waals surface area contributed by atoms with Crippen molar-refractivity contribution in [3.05, 3.63) is 59.1 Å². The van der Waals surface area contributed by atoms with E-state index in [0.717, 1.165) is 16.8 Å². The number of aromatic nitrogens is 4. The molecule has 0 unspecified atom stereocenters. The van der Waals surface area contributed by atoms with Crippen molar-refractivity contribution in [1.29, 1.82) is 0 Å². The van der Waals surface area contributed by atoms with Crippen LogP contribution >= 0.6 is 0 Å². The molecule has 124 valence electrons. The fraction of sp³-hybridized carbons (Fsp3) is 0.133. The average Bonchev–Trinajstić information content (AvgIpc) is 2.94. The zero-order chi connectivity index (χ0) is 17.3. The van der Waals surface area contributed by atoms with Crippen LogP contribution in [0.25, 0.3) is 16.9 Å². The van der Waals surface area contributed by atoms with Gasteiger partial charge in [0.1, 0.15) is 5.75 Å². The van der Waals surface area contributed by atoms with Gasteiger partial charge in [-0.05, 0) is 30.3 Å². The van der Waals surface area contributed by atoms with E-state index in [1.807, 2.05) is 0 Å². The minimum absolute atomic E-state index is 0.320. The molecule has 24 heavy (non-hydrogen) atoms. The Bertz CT molecular complexity index is 913. The summed E-state index contributed by atoms with van der Waals surface area (Å²) in [7, 11) is 1.75. The molecule has 2 heterocycles. The number of benzene rings is 1. The van der Waals surface area contributed by atoms with Crippen molar-refractivity contribution in [3.8, 4) is 22.7 Å². The van der Waals surface area contributed by atoms with E-state index in [1.54, 1.807) is 30.2 Å². The average molecular weight is 336 g/mol. The highest BCUT2D eigenvalue weighted by Crippen LogP contribution is 2.23. The Morgan fingerprint density at radius 2 is 1.79 bits per heavy atom. The lowest BCUT2D eigenvalue weighted by molar-refractivity contribution is -0.274. The topological polar surface area (TPSA) is 61.9 Å². The number of rotatable bonds is 3. The Labute approximate surface area is 133 Å². The van der Waals surface area contributed by atoms with Gasteiger partial charge in [-0.25, -0.2) is 0 Å². The third kappa shape index (κ3) is 3.45. The summed E-state index contributed by atoms with van der Waals surface area (Å²) in [5.74, 6) is -0.372. The van der Waals surface area contributed by atoms with Crippen LogP contribution in [0.5, 0.6) is 5.75 Å². The zero-order valence-corrected chi connectivity index (χ0v) is 12.4. The quantitative estimate of drug-likeness (QED) is 0.737. The molecule has 0 atom stereocenters. The van der Waals surface area contributed by atoms with E-state index in [1.165, 1.54) is 18.2 Å². The van der Waals surface area contributed by atoms with Crippen LogP contribution in [0.2, 0.25) is 0 Å². The van der Waals surface area contributed by atoms with E-state index >= 15 is 0 Å². The first-order chi connectivity index (χ1) is 11.3. The smallest absolute Gasteiger partial charge is 0.406 e. The molecular formula is C15H11F3N4O2. The van der Waals surface area contributed by atoms with E-state index in [9.17, 15) is 18.0 Å². The van der Waals surface area contributed by atoms with Gasteiger partial charge in [-0.2, -0.15) is 14.9 Å². The van der Waals surface area contributed by atoms with Crippen molar-refractivity contribution in [2.75, 3.05) is 0 Å². The summed E-state index contributed by atoms with van der Waals surface area (Å²) in [6.45, 7) is 0. The van der Waals surface area contributed by atoms with Crippen LogP contribution in [0, 0.1) is 0 Å². The standard InChI is InChI=1S/C15H11F3N4O2/c1-21-9-10(8-19-21)13-6-7-14(23)22(20-13)11-2-4-12(5-3-11)24-15(16,17)18/h2-9H,1H3. The first kappa shape index (κ1) is 15.8. The Morgan fingerprint density at radius 3 is 2.38 bits per heavy atom. The van der Waals surface area contributed by atoms with Crippen LogP contribution in [-0.4, -0.2) is 25.9 Å². The van der Waals surface area contributed by atoms with E-state index < -0.39 is 11.9 Å². The maximum atomic E-state index is 12.2. The van der Waals surface area contributed by atoms with Crippen molar-refractivity contribution in [2.45, 2.75) is 6.36 Å². The van der Waals surface area contributed by atoms with Crippen molar-refractivity contribution < 1.29 is 17.9 Å². The number of hydrogen-bond donors (Lipinski definition) is 0. The van der Waals surface area contributed by atoms with Gasteiger partial charge < -0.3 is 4.74 Å². The molecule has 0 saturated heterocycles.